The zero-order valence-corrected chi connectivity index (χ0v) is 16.5. The lowest BCUT2D eigenvalue weighted by Gasteiger charge is -2.17. The van der Waals surface area contributed by atoms with E-state index >= 15 is 0 Å². The van der Waals surface area contributed by atoms with Gasteiger partial charge in [0.15, 0.2) is 0 Å². The third-order valence-corrected chi connectivity index (χ3v) is 7.09. The highest BCUT2D eigenvalue weighted by Gasteiger charge is 2.28. The summed E-state index contributed by atoms with van der Waals surface area (Å²) in [7, 11) is -3.57. The van der Waals surface area contributed by atoms with Crippen LogP contribution in [-0.2, 0) is 10.0 Å². The third kappa shape index (κ3) is 3.41. The smallest absolute Gasteiger partial charge is 0.255 e. The zero-order chi connectivity index (χ0) is 19.7. The van der Waals surface area contributed by atoms with Crippen LogP contribution in [0.5, 0.6) is 0 Å². The van der Waals surface area contributed by atoms with Crippen LogP contribution in [0.1, 0.15) is 28.8 Å². The Labute approximate surface area is 165 Å². The zero-order valence-electron chi connectivity index (χ0n) is 15.7. The fourth-order valence-electron chi connectivity index (χ4n) is 3.61. The second-order valence-corrected chi connectivity index (χ2v) is 9.01. The summed E-state index contributed by atoms with van der Waals surface area (Å²) in [4.78, 5) is 13.1. The summed E-state index contributed by atoms with van der Waals surface area (Å²) in [6.07, 6.45) is 1.75. The molecule has 0 bridgehead atoms. The molecule has 1 amide bonds. The number of hydrogen-bond acceptors (Lipinski definition) is 3. The Balaban J connectivity index is 1.68. The maximum Gasteiger partial charge on any atom is 0.255 e. The summed E-state index contributed by atoms with van der Waals surface area (Å²) in [5, 5.41) is 4.91. The van der Waals surface area contributed by atoms with Crippen molar-refractivity contribution in [3.63, 3.8) is 0 Å². The summed E-state index contributed by atoms with van der Waals surface area (Å²) in [5.74, 6) is -0.313. The maximum absolute atomic E-state index is 13.0. The number of aryl methyl sites for hydroxylation is 1. The van der Waals surface area contributed by atoms with E-state index in [9.17, 15) is 13.2 Å². The standard InChI is InChI=1S/C22H22N2O3S/c1-16-11-12-18(28(26,27)24-13-4-5-14-24)15-20(16)22(25)23-21-10-6-8-17-7-2-3-9-19(17)21/h2-3,6-12,15H,4-5,13-14H2,1H3,(H,23,25). The summed E-state index contributed by atoms with van der Waals surface area (Å²) < 4.78 is 27.2. The molecule has 3 aromatic carbocycles. The molecule has 0 atom stereocenters. The van der Waals surface area contributed by atoms with E-state index in [-0.39, 0.29) is 10.8 Å². The minimum atomic E-state index is -3.57. The molecule has 0 spiro atoms. The van der Waals surface area contributed by atoms with Crippen molar-refractivity contribution >= 4 is 32.4 Å². The van der Waals surface area contributed by atoms with Crippen molar-refractivity contribution in [1.82, 2.24) is 4.31 Å². The Kier molecular flexibility index (Phi) is 4.91. The van der Waals surface area contributed by atoms with Gasteiger partial charge in [-0.15, -0.1) is 0 Å². The van der Waals surface area contributed by atoms with Crippen LogP contribution in [0.15, 0.2) is 65.6 Å². The molecule has 1 aliphatic heterocycles. The molecule has 144 valence electrons. The molecule has 1 aliphatic rings. The van der Waals surface area contributed by atoms with E-state index in [0.29, 0.717) is 24.3 Å². The number of sulfonamides is 1. The van der Waals surface area contributed by atoms with Gasteiger partial charge >= 0.3 is 0 Å². The van der Waals surface area contributed by atoms with E-state index in [1.807, 2.05) is 49.4 Å². The fraction of sp³-hybridized carbons (Fsp3) is 0.227. The number of amides is 1. The molecule has 0 radical (unpaired) electrons. The van der Waals surface area contributed by atoms with E-state index in [4.69, 9.17) is 0 Å². The van der Waals surface area contributed by atoms with Crippen LogP contribution in [0.3, 0.4) is 0 Å². The number of rotatable bonds is 4. The van der Waals surface area contributed by atoms with Crippen LogP contribution in [0.2, 0.25) is 0 Å². The Morgan fingerprint density at radius 1 is 0.964 bits per heavy atom. The molecule has 1 N–H and O–H groups in total. The molecule has 0 unspecified atom stereocenters. The summed E-state index contributed by atoms with van der Waals surface area (Å²) in [6, 6.07) is 18.3. The van der Waals surface area contributed by atoms with E-state index in [0.717, 1.165) is 29.2 Å². The number of hydrogen-bond donors (Lipinski definition) is 1. The van der Waals surface area contributed by atoms with Crippen molar-refractivity contribution < 1.29 is 13.2 Å². The second-order valence-electron chi connectivity index (χ2n) is 7.07. The first kappa shape index (κ1) is 18.7. The fourth-order valence-corrected chi connectivity index (χ4v) is 5.15. The summed E-state index contributed by atoms with van der Waals surface area (Å²) in [6.45, 7) is 2.88. The number of benzene rings is 3. The van der Waals surface area contributed by atoms with Gasteiger partial charge in [0.1, 0.15) is 0 Å². The van der Waals surface area contributed by atoms with E-state index in [1.54, 1.807) is 12.1 Å². The highest BCUT2D eigenvalue weighted by molar-refractivity contribution is 7.89. The first-order chi connectivity index (χ1) is 13.5. The Hall–Kier alpha value is -2.70. The normalized spacial score (nSPS) is 15.0. The monoisotopic (exact) mass is 394 g/mol. The lowest BCUT2D eigenvalue weighted by molar-refractivity contribution is 0.102. The van der Waals surface area contributed by atoms with Crippen molar-refractivity contribution in [2.24, 2.45) is 0 Å². The molecule has 5 nitrogen and oxygen atoms in total. The molecule has 1 saturated heterocycles. The topological polar surface area (TPSA) is 66.5 Å². The van der Waals surface area contributed by atoms with Gasteiger partial charge in [-0.3, -0.25) is 4.79 Å². The molecule has 0 aromatic heterocycles. The van der Waals surface area contributed by atoms with Crippen molar-refractivity contribution in [3.8, 4) is 0 Å². The molecule has 28 heavy (non-hydrogen) atoms. The average molecular weight is 394 g/mol. The van der Waals surface area contributed by atoms with Gasteiger partial charge in [0, 0.05) is 29.7 Å². The van der Waals surface area contributed by atoms with Crippen LogP contribution < -0.4 is 5.32 Å². The summed E-state index contributed by atoms with van der Waals surface area (Å²) in [5.41, 5.74) is 1.81. The average Bonchev–Trinajstić information content (AvgIpc) is 3.24. The van der Waals surface area contributed by atoms with Crippen LogP contribution in [0.4, 0.5) is 5.69 Å². The highest BCUT2D eigenvalue weighted by Crippen LogP contribution is 2.26. The van der Waals surface area contributed by atoms with Gasteiger partial charge in [0.2, 0.25) is 10.0 Å². The lowest BCUT2D eigenvalue weighted by Crippen LogP contribution is -2.28. The van der Waals surface area contributed by atoms with Gasteiger partial charge in [-0.25, -0.2) is 8.42 Å². The van der Waals surface area contributed by atoms with Crippen LogP contribution in [0.25, 0.3) is 10.8 Å². The Morgan fingerprint density at radius 2 is 1.68 bits per heavy atom. The number of fused-ring (bicyclic) bond motifs is 1. The number of carbonyl (C=O) groups excluding carboxylic acids is 1. The maximum atomic E-state index is 13.0. The van der Waals surface area contributed by atoms with Crippen LogP contribution in [-0.4, -0.2) is 31.7 Å². The minimum absolute atomic E-state index is 0.170. The van der Waals surface area contributed by atoms with Gasteiger partial charge in [0.05, 0.1) is 4.90 Å². The van der Waals surface area contributed by atoms with Gasteiger partial charge in [-0.1, -0.05) is 42.5 Å². The van der Waals surface area contributed by atoms with Gasteiger partial charge in [0.25, 0.3) is 5.91 Å². The molecule has 3 aromatic rings. The number of carbonyl (C=O) groups is 1. The first-order valence-corrected chi connectivity index (χ1v) is 10.8. The van der Waals surface area contributed by atoms with Gasteiger partial charge in [-0.05, 0) is 48.9 Å². The molecule has 0 aliphatic carbocycles. The predicted molar refractivity (Wildman–Crippen MR) is 111 cm³/mol. The highest BCUT2D eigenvalue weighted by atomic mass is 32.2. The molecule has 1 fully saturated rings. The third-order valence-electron chi connectivity index (χ3n) is 5.19. The number of anilines is 1. The molecule has 6 heteroatoms. The second kappa shape index (κ2) is 7.37. The Morgan fingerprint density at radius 3 is 2.46 bits per heavy atom. The SMILES string of the molecule is Cc1ccc(S(=O)(=O)N2CCCC2)cc1C(=O)Nc1cccc2ccccc12. The number of nitrogens with one attached hydrogen (secondary N) is 1. The van der Waals surface area contributed by atoms with E-state index < -0.39 is 10.0 Å². The molecular formula is C22H22N2O3S. The molecular weight excluding hydrogens is 372 g/mol. The number of nitrogens with zero attached hydrogens (tertiary/aromatic N) is 1. The van der Waals surface area contributed by atoms with Crippen LogP contribution >= 0.6 is 0 Å². The Bertz CT molecular complexity index is 1140. The quantitative estimate of drug-likeness (QED) is 0.722. The minimum Gasteiger partial charge on any atom is -0.321 e. The molecule has 4 rings (SSSR count). The first-order valence-electron chi connectivity index (χ1n) is 9.37. The predicted octanol–water partition coefficient (Wildman–Crippen LogP) is 4.19. The van der Waals surface area contributed by atoms with Crippen LogP contribution in [0, 0.1) is 6.92 Å². The van der Waals surface area contributed by atoms with Gasteiger partial charge < -0.3 is 5.32 Å². The van der Waals surface area contributed by atoms with Gasteiger partial charge in [-0.2, -0.15) is 4.31 Å². The largest absolute Gasteiger partial charge is 0.321 e. The molecule has 1 heterocycles. The van der Waals surface area contributed by atoms with Crippen molar-refractivity contribution in [2.75, 3.05) is 18.4 Å². The molecule has 0 saturated carbocycles. The summed E-state index contributed by atoms with van der Waals surface area (Å²) >= 11 is 0. The van der Waals surface area contributed by atoms with Crippen molar-refractivity contribution in [1.29, 1.82) is 0 Å². The van der Waals surface area contributed by atoms with E-state index in [2.05, 4.69) is 5.32 Å². The lowest BCUT2D eigenvalue weighted by atomic mass is 10.1. The van der Waals surface area contributed by atoms with Crippen molar-refractivity contribution in [2.45, 2.75) is 24.7 Å². The van der Waals surface area contributed by atoms with E-state index in [1.165, 1.54) is 10.4 Å². The van der Waals surface area contributed by atoms with Crippen molar-refractivity contribution in [3.05, 3.63) is 71.8 Å².